The third-order valence-corrected chi connectivity index (χ3v) is 4.42. The average molecular weight is 380 g/mol. The number of nitro groups is 1. The molecular weight excluding hydrogens is 369 g/mol. The number of fused-ring (bicyclic) bond motifs is 3. The van der Waals surface area contributed by atoms with Crippen molar-refractivity contribution in [3.8, 4) is 17.5 Å². The first-order chi connectivity index (χ1) is 12.0. The summed E-state index contributed by atoms with van der Waals surface area (Å²) in [6.07, 6.45) is 0.906. The van der Waals surface area contributed by atoms with E-state index in [4.69, 9.17) is 32.7 Å². The maximum atomic E-state index is 10.9. The maximum absolute atomic E-state index is 10.9. The number of hydrogen-bond donors (Lipinski definition) is 0. The molecule has 0 spiro atoms. The van der Waals surface area contributed by atoms with Crippen LogP contribution < -0.4 is 9.47 Å². The highest BCUT2D eigenvalue weighted by Crippen LogP contribution is 2.40. The normalized spacial score (nSPS) is 13.4. The molecule has 0 fully saturated rings. The highest BCUT2D eigenvalue weighted by atomic mass is 35.5. The Kier molecular flexibility index (Phi) is 3.89. The van der Waals surface area contributed by atoms with E-state index >= 15 is 0 Å². The van der Waals surface area contributed by atoms with Crippen molar-refractivity contribution < 1.29 is 14.4 Å². The van der Waals surface area contributed by atoms with Crippen molar-refractivity contribution >= 4 is 39.9 Å². The van der Waals surface area contributed by atoms with Crippen LogP contribution in [0, 0.1) is 10.1 Å². The largest absolute Gasteiger partial charge is 0.465 e. The first-order valence-corrected chi connectivity index (χ1v) is 8.23. The summed E-state index contributed by atoms with van der Waals surface area (Å²) in [7, 11) is 0. The minimum absolute atomic E-state index is 0.0675. The zero-order chi connectivity index (χ0) is 17.6. The van der Waals surface area contributed by atoms with Crippen LogP contribution >= 0.6 is 23.2 Å². The van der Waals surface area contributed by atoms with E-state index in [1.807, 2.05) is 16.7 Å². The van der Waals surface area contributed by atoms with E-state index in [1.54, 1.807) is 6.07 Å². The van der Waals surface area contributed by atoms with E-state index in [0.717, 1.165) is 24.0 Å². The van der Waals surface area contributed by atoms with E-state index in [9.17, 15) is 10.1 Å². The van der Waals surface area contributed by atoms with E-state index < -0.39 is 4.92 Å². The number of ether oxygens (including phenoxy) is 2. The average Bonchev–Trinajstić information content (AvgIpc) is 2.96. The van der Waals surface area contributed by atoms with Crippen molar-refractivity contribution in [2.24, 2.45) is 0 Å². The van der Waals surface area contributed by atoms with E-state index in [1.165, 1.54) is 12.1 Å². The molecule has 0 saturated carbocycles. The van der Waals surface area contributed by atoms with Gasteiger partial charge in [0, 0.05) is 24.7 Å². The second-order valence-electron chi connectivity index (χ2n) is 5.50. The van der Waals surface area contributed by atoms with Crippen molar-refractivity contribution in [2.45, 2.75) is 13.0 Å². The molecule has 7 nitrogen and oxygen atoms in total. The Bertz CT molecular complexity index is 979. The number of aromatic nitrogens is 2. The van der Waals surface area contributed by atoms with Crippen LogP contribution in [-0.4, -0.2) is 21.1 Å². The molecule has 2 heterocycles. The molecule has 0 N–H and O–H groups in total. The zero-order valence-corrected chi connectivity index (χ0v) is 14.3. The Balaban J connectivity index is 1.72. The molecule has 3 aromatic rings. The van der Waals surface area contributed by atoms with Crippen LogP contribution in [-0.2, 0) is 6.54 Å². The predicted octanol–water partition coefficient (Wildman–Crippen LogP) is 4.83. The molecule has 1 aliphatic rings. The van der Waals surface area contributed by atoms with Crippen molar-refractivity contribution in [3.63, 3.8) is 0 Å². The molecule has 0 bridgehead atoms. The van der Waals surface area contributed by atoms with Gasteiger partial charge in [-0.25, -0.2) is 0 Å². The van der Waals surface area contributed by atoms with Crippen molar-refractivity contribution in [3.05, 3.63) is 50.5 Å². The first kappa shape index (κ1) is 16.0. The molecule has 0 unspecified atom stereocenters. The topological polar surface area (TPSA) is 79.4 Å². The third-order valence-electron chi connectivity index (χ3n) is 3.86. The Labute approximate surface area is 151 Å². The number of hydrogen-bond acceptors (Lipinski definition) is 5. The Morgan fingerprint density at radius 3 is 2.72 bits per heavy atom. The highest BCUT2D eigenvalue weighted by molar-refractivity contribution is 6.37. The zero-order valence-electron chi connectivity index (χ0n) is 12.7. The van der Waals surface area contributed by atoms with Gasteiger partial charge in [0.1, 0.15) is 5.75 Å². The Hall–Kier alpha value is -2.51. The first-order valence-electron chi connectivity index (χ1n) is 7.47. The number of nitro benzene ring substituents is 1. The maximum Gasteiger partial charge on any atom is 0.297 e. The van der Waals surface area contributed by atoms with E-state index in [2.05, 4.69) is 4.98 Å². The standard InChI is InChI=1S/C16H11Cl2N3O4/c17-11-6-9(21(22)23)7-12(18)15(11)25-10-2-3-13-14(8-10)20-4-1-5-24-16(20)19-13/h2-3,6-8H,1,4-5H2. The van der Waals surface area contributed by atoms with Crippen molar-refractivity contribution in [1.82, 2.24) is 9.55 Å². The van der Waals surface area contributed by atoms with Crippen LogP contribution in [0.2, 0.25) is 10.0 Å². The quantitative estimate of drug-likeness (QED) is 0.481. The monoisotopic (exact) mass is 379 g/mol. The molecule has 0 amide bonds. The van der Waals surface area contributed by atoms with Gasteiger partial charge in [-0.1, -0.05) is 23.2 Å². The number of halogens is 2. The second kappa shape index (κ2) is 6.09. The van der Waals surface area contributed by atoms with Crippen molar-refractivity contribution in [1.29, 1.82) is 0 Å². The van der Waals surface area contributed by atoms with Gasteiger partial charge < -0.3 is 9.47 Å². The number of non-ortho nitro benzene ring substituents is 1. The van der Waals surface area contributed by atoms with E-state index in [-0.39, 0.29) is 21.5 Å². The molecule has 4 rings (SSSR count). The molecule has 25 heavy (non-hydrogen) atoms. The summed E-state index contributed by atoms with van der Waals surface area (Å²) < 4.78 is 13.3. The van der Waals surface area contributed by atoms with E-state index in [0.29, 0.717) is 18.4 Å². The van der Waals surface area contributed by atoms with Gasteiger partial charge in [0.15, 0.2) is 5.75 Å². The molecule has 2 aromatic carbocycles. The molecule has 1 aromatic heterocycles. The number of nitrogens with zero attached hydrogens (tertiary/aromatic N) is 3. The molecule has 9 heteroatoms. The van der Waals surface area contributed by atoms with Gasteiger partial charge in [0.25, 0.3) is 11.7 Å². The van der Waals surface area contributed by atoms with Gasteiger partial charge in [-0.15, -0.1) is 0 Å². The van der Waals surface area contributed by atoms with Crippen LogP contribution in [0.1, 0.15) is 6.42 Å². The lowest BCUT2D eigenvalue weighted by atomic mass is 10.2. The van der Waals surface area contributed by atoms with Crippen LogP contribution in [0.5, 0.6) is 17.5 Å². The molecule has 1 aliphatic heterocycles. The summed E-state index contributed by atoms with van der Waals surface area (Å²) in [6.45, 7) is 1.47. The SMILES string of the molecule is O=[N+]([O-])c1cc(Cl)c(Oc2ccc3nc4n(c3c2)CCCO4)c(Cl)c1. The highest BCUT2D eigenvalue weighted by Gasteiger charge is 2.19. The van der Waals surface area contributed by atoms with Gasteiger partial charge in [-0.2, -0.15) is 4.98 Å². The summed E-state index contributed by atoms with van der Waals surface area (Å²) in [4.78, 5) is 14.7. The summed E-state index contributed by atoms with van der Waals surface area (Å²) in [6, 6.07) is 8.35. The number of imidazole rings is 1. The van der Waals surface area contributed by atoms with Gasteiger partial charge in [0.05, 0.1) is 32.6 Å². The molecule has 0 atom stereocenters. The van der Waals surface area contributed by atoms with Gasteiger partial charge in [-0.3, -0.25) is 14.7 Å². The molecule has 0 saturated heterocycles. The Morgan fingerprint density at radius 2 is 2.00 bits per heavy atom. The molecule has 0 aliphatic carbocycles. The lowest BCUT2D eigenvalue weighted by Crippen LogP contribution is -2.13. The number of aryl methyl sites for hydroxylation is 1. The summed E-state index contributed by atoms with van der Waals surface area (Å²) in [5, 5.41) is 11.0. The lowest BCUT2D eigenvalue weighted by Gasteiger charge is -2.15. The summed E-state index contributed by atoms with van der Waals surface area (Å²) >= 11 is 12.2. The Morgan fingerprint density at radius 1 is 1.24 bits per heavy atom. The van der Waals surface area contributed by atoms with Crippen LogP contribution in [0.15, 0.2) is 30.3 Å². The minimum Gasteiger partial charge on any atom is -0.465 e. The third kappa shape index (κ3) is 2.85. The van der Waals surface area contributed by atoms with Gasteiger partial charge in [-0.05, 0) is 18.6 Å². The summed E-state index contributed by atoms with van der Waals surface area (Å²) in [5.41, 5.74) is 1.48. The predicted molar refractivity (Wildman–Crippen MR) is 93.0 cm³/mol. The molecule has 0 radical (unpaired) electrons. The minimum atomic E-state index is -0.563. The fraction of sp³-hybridized carbons (Fsp3) is 0.188. The van der Waals surface area contributed by atoms with Crippen molar-refractivity contribution in [2.75, 3.05) is 6.61 Å². The number of rotatable bonds is 3. The molecular formula is C16H11Cl2N3O4. The smallest absolute Gasteiger partial charge is 0.297 e. The lowest BCUT2D eigenvalue weighted by molar-refractivity contribution is -0.384. The van der Waals surface area contributed by atoms with Crippen LogP contribution in [0.25, 0.3) is 11.0 Å². The van der Waals surface area contributed by atoms with Crippen LogP contribution in [0.4, 0.5) is 5.69 Å². The molecule has 128 valence electrons. The fourth-order valence-electron chi connectivity index (χ4n) is 2.72. The van der Waals surface area contributed by atoms with Gasteiger partial charge >= 0.3 is 0 Å². The van der Waals surface area contributed by atoms with Gasteiger partial charge in [0.2, 0.25) is 0 Å². The fourth-order valence-corrected chi connectivity index (χ4v) is 3.28. The summed E-state index contributed by atoms with van der Waals surface area (Å²) in [5.74, 6) is 0.668. The van der Waals surface area contributed by atoms with Crippen LogP contribution in [0.3, 0.4) is 0 Å². The number of benzene rings is 2. The second-order valence-corrected chi connectivity index (χ2v) is 6.31.